The van der Waals surface area contributed by atoms with Crippen LogP contribution in [0.5, 0.6) is 5.75 Å². The Labute approximate surface area is 121 Å². The molecule has 0 saturated carbocycles. The average molecular weight is 346 g/mol. The lowest BCUT2D eigenvalue weighted by atomic mass is 10.3. The summed E-state index contributed by atoms with van der Waals surface area (Å²) in [4.78, 5) is 7.95. The van der Waals surface area contributed by atoms with Crippen LogP contribution in [0.25, 0.3) is 0 Å². The molecule has 2 rings (SSSR count). The van der Waals surface area contributed by atoms with E-state index in [1.165, 1.54) is 18.5 Å². The molecule has 4 N–H and O–H groups in total. The molecule has 106 valence electrons. The van der Waals surface area contributed by atoms with Crippen molar-refractivity contribution >= 4 is 33.3 Å². The van der Waals surface area contributed by atoms with Gasteiger partial charge in [0.05, 0.1) is 0 Å². The zero-order chi connectivity index (χ0) is 14.5. The number of nitrogens with one attached hydrogen (secondary N) is 2. The summed E-state index contributed by atoms with van der Waals surface area (Å²) >= 11 is 3.29. The number of nitrogens with two attached hydrogens (primary N) is 1. The molecule has 0 unspecified atom stereocenters. The molecule has 20 heavy (non-hydrogen) atoms. The van der Waals surface area contributed by atoms with Crippen molar-refractivity contribution in [2.75, 3.05) is 10.7 Å². The largest absolute Gasteiger partial charge is 0.435 e. The van der Waals surface area contributed by atoms with Crippen LogP contribution in [-0.4, -0.2) is 16.6 Å². The lowest BCUT2D eigenvalue weighted by molar-refractivity contribution is -0.0498. The predicted molar refractivity (Wildman–Crippen MR) is 73.9 cm³/mol. The molecule has 0 bridgehead atoms. The predicted octanol–water partition coefficient (Wildman–Crippen LogP) is 2.87. The van der Waals surface area contributed by atoms with Crippen molar-refractivity contribution in [2.24, 2.45) is 5.84 Å². The Morgan fingerprint density at radius 1 is 1.15 bits per heavy atom. The summed E-state index contributed by atoms with van der Waals surface area (Å²) in [7, 11) is 0. The number of anilines is 3. The summed E-state index contributed by atoms with van der Waals surface area (Å²) in [5, 5.41) is 2.99. The molecular formula is C11H10BrF2N5O. The molecule has 0 atom stereocenters. The normalized spacial score (nSPS) is 10.4. The molecule has 1 heterocycles. The summed E-state index contributed by atoms with van der Waals surface area (Å²) in [5.41, 5.74) is 3.06. The van der Waals surface area contributed by atoms with Crippen LogP contribution in [0.4, 0.5) is 26.1 Å². The Balaban J connectivity index is 2.14. The first kappa shape index (κ1) is 14.4. The minimum absolute atomic E-state index is 0.0802. The Morgan fingerprint density at radius 2 is 1.80 bits per heavy atom. The van der Waals surface area contributed by atoms with Gasteiger partial charge in [-0.25, -0.2) is 15.8 Å². The van der Waals surface area contributed by atoms with Crippen LogP contribution in [0.15, 0.2) is 35.1 Å². The van der Waals surface area contributed by atoms with E-state index in [-0.39, 0.29) is 5.75 Å². The van der Waals surface area contributed by atoms with Crippen molar-refractivity contribution in [3.63, 3.8) is 0 Å². The molecule has 2 aromatic rings. The maximum atomic E-state index is 12.0. The lowest BCUT2D eigenvalue weighted by Crippen LogP contribution is -2.10. The van der Waals surface area contributed by atoms with Crippen molar-refractivity contribution in [1.82, 2.24) is 9.97 Å². The monoisotopic (exact) mass is 345 g/mol. The third-order valence-electron chi connectivity index (χ3n) is 2.27. The summed E-state index contributed by atoms with van der Waals surface area (Å²) in [6.07, 6.45) is 1.33. The molecule has 0 amide bonds. The number of aromatic nitrogens is 2. The number of benzene rings is 1. The van der Waals surface area contributed by atoms with Gasteiger partial charge in [0.1, 0.15) is 22.4 Å². The van der Waals surface area contributed by atoms with Crippen LogP contribution in [-0.2, 0) is 0 Å². The van der Waals surface area contributed by atoms with Crippen molar-refractivity contribution < 1.29 is 13.5 Å². The van der Waals surface area contributed by atoms with Gasteiger partial charge in [0.15, 0.2) is 5.82 Å². The van der Waals surface area contributed by atoms with Gasteiger partial charge >= 0.3 is 6.61 Å². The molecule has 6 nitrogen and oxygen atoms in total. The number of hydrogen-bond acceptors (Lipinski definition) is 6. The van der Waals surface area contributed by atoms with Crippen LogP contribution in [0.3, 0.4) is 0 Å². The second kappa shape index (κ2) is 6.44. The zero-order valence-corrected chi connectivity index (χ0v) is 11.6. The molecule has 0 radical (unpaired) electrons. The van der Waals surface area contributed by atoms with Gasteiger partial charge in [0.2, 0.25) is 0 Å². The highest BCUT2D eigenvalue weighted by molar-refractivity contribution is 9.10. The lowest BCUT2D eigenvalue weighted by Gasteiger charge is -2.10. The quantitative estimate of drug-likeness (QED) is 0.570. The first-order valence-corrected chi connectivity index (χ1v) is 6.18. The second-order valence-corrected chi connectivity index (χ2v) is 4.35. The van der Waals surface area contributed by atoms with Gasteiger partial charge in [-0.3, -0.25) is 0 Å². The van der Waals surface area contributed by atoms with Crippen molar-refractivity contribution in [1.29, 1.82) is 0 Å². The summed E-state index contributed by atoms with van der Waals surface area (Å²) in [6.45, 7) is -2.84. The maximum Gasteiger partial charge on any atom is 0.387 e. The number of ether oxygens (including phenoxy) is 1. The fraction of sp³-hybridized carbons (Fsp3) is 0.0909. The molecule has 0 fully saturated rings. The van der Waals surface area contributed by atoms with Crippen molar-refractivity contribution in [2.45, 2.75) is 6.61 Å². The molecule has 0 aliphatic carbocycles. The molecule has 1 aromatic carbocycles. The highest BCUT2D eigenvalue weighted by Crippen LogP contribution is 2.29. The highest BCUT2D eigenvalue weighted by atomic mass is 79.9. The topological polar surface area (TPSA) is 85.1 Å². The number of nitrogens with zero attached hydrogens (tertiary/aromatic N) is 2. The molecule has 0 spiro atoms. The summed E-state index contributed by atoms with van der Waals surface area (Å²) in [6, 6.07) is 6.01. The van der Waals surface area contributed by atoms with E-state index in [2.05, 4.69) is 41.4 Å². The maximum absolute atomic E-state index is 12.0. The van der Waals surface area contributed by atoms with E-state index in [9.17, 15) is 8.78 Å². The Kier molecular flexibility index (Phi) is 4.64. The van der Waals surface area contributed by atoms with E-state index in [1.807, 2.05) is 0 Å². The van der Waals surface area contributed by atoms with E-state index in [1.54, 1.807) is 12.1 Å². The van der Waals surface area contributed by atoms with E-state index >= 15 is 0 Å². The van der Waals surface area contributed by atoms with Crippen LogP contribution in [0, 0.1) is 0 Å². The third kappa shape index (κ3) is 3.52. The van der Waals surface area contributed by atoms with E-state index in [4.69, 9.17) is 5.84 Å². The molecular weight excluding hydrogens is 336 g/mol. The van der Waals surface area contributed by atoms with Gasteiger partial charge < -0.3 is 15.5 Å². The van der Waals surface area contributed by atoms with Crippen molar-refractivity contribution in [3.05, 3.63) is 35.1 Å². The SMILES string of the molecule is NNc1ncnc(Nc2ccc(OC(F)F)cc2)c1Br. The first-order valence-electron chi connectivity index (χ1n) is 5.39. The van der Waals surface area contributed by atoms with Gasteiger partial charge in [0, 0.05) is 5.69 Å². The summed E-state index contributed by atoms with van der Waals surface area (Å²) in [5.74, 6) is 6.27. The molecule has 0 saturated heterocycles. The van der Waals surface area contributed by atoms with E-state index in [0.717, 1.165) is 0 Å². The van der Waals surface area contributed by atoms with E-state index < -0.39 is 6.61 Å². The molecule has 0 aliphatic rings. The number of hydrogen-bond donors (Lipinski definition) is 3. The number of halogens is 3. The molecule has 9 heteroatoms. The first-order chi connectivity index (χ1) is 9.60. The fourth-order valence-corrected chi connectivity index (χ4v) is 1.83. The Morgan fingerprint density at radius 3 is 2.40 bits per heavy atom. The Hall–Kier alpha value is -2.00. The van der Waals surface area contributed by atoms with Gasteiger partial charge in [0.25, 0.3) is 0 Å². The van der Waals surface area contributed by atoms with Crippen LogP contribution in [0.1, 0.15) is 0 Å². The highest BCUT2D eigenvalue weighted by Gasteiger charge is 2.08. The smallest absolute Gasteiger partial charge is 0.387 e. The minimum Gasteiger partial charge on any atom is -0.435 e. The van der Waals surface area contributed by atoms with Crippen molar-refractivity contribution in [3.8, 4) is 5.75 Å². The van der Waals surface area contributed by atoms with Crippen LogP contribution >= 0.6 is 15.9 Å². The van der Waals surface area contributed by atoms with E-state index in [0.29, 0.717) is 21.8 Å². The summed E-state index contributed by atoms with van der Waals surface area (Å²) < 4.78 is 28.9. The van der Waals surface area contributed by atoms with Crippen LogP contribution < -0.4 is 21.3 Å². The second-order valence-electron chi connectivity index (χ2n) is 3.56. The van der Waals surface area contributed by atoms with Gasteiger partial charge in [-0.15, -0.1) is 0 Å². The Bertz CT molecular complexity index is 582. The standard InChI is InChI=1S/C11H10BrF2N5O/c12-8-9(16-5-17-10(8)19-15)18-6-1-3-7(4-2-6)20-11(13)14/h1-5,11H,15H2,(H2,16,17,18,19). The average Bonchev–Trinajstić information content (AvgIpc) is 2.43. The van der Waals surface area contributed by atoms with Gasteiger partial charge in [-0.1, -0.05) is 0 Å². The van der Waals surface area contributed by atoms with Gasteiger partial charge in [-0.2, -0.15) is 8.78 Å². The number of nitrogen functional groups attached to an aromatic ring is 1. The van der Waals surface area contributed by atoms with Gasteiger partial charge in [-0.05, 0) is 40.2 Å². The zero-order valence-electron chi connectivity index (χ0n) is 9.98. The number of rotatable bonds is 5. The number of hydrazine groups is 1. The molecule has 0 aliphatic heterocycles. The fourth-order valence-electron chi connectivity index (χ4n) is 1.41. The third-order valence-corrected chi connectivity index (χ3v) is 3.02. The minimum atomic E-state index is -2.84. The number of alkyl halides is 2. The molecule has 1 aromatic heterocycles. The van der Waals surface area contributed by atoms with Crippen LogP contribution in [0.2, 0.25) is 0 Å².